The van der Waals surface area contributed by atoms with E-state index in [-0.39, 0.29) is 24.4 Å². The van der Waals surface area contributed by atoms with Crippen LogP contribution in [0.25, 0.3) is 0 Å². The molecule has 28 heavy (non-hydrogen) atoms. The lowest BCUT2D eigenvalue weighted by Gasteiger charge is -2.45. The van der Waals surface area contributed by atoms with Gasteiger partial charge >= 0.3 is 0 Å². The Hall–Kier alpha value is -0.360. The van der Waals surface area contributed by atoms with Crippen molar-refractivity contribution in [2.24, 2.45) is 0 Å². The van der Waals surface area contributed by atoms with Crippen LogP contribution in [0.15, 0.2) is 0 Å². The van der Waals surface area contributed by atoms with Gasteiger partial charge in [0.2, 0.25) is 0 Å². The van der Waals surface area contributed by atoms with Crippen LogP contribution in [-0.2, 0) is 42.6 Å². The third-order valence-corrected chi connectivity index (χ3v) is 5.15. The van der Waals surface area contributed by atoms with Crippen LogP contribution in [0, 0.1) is 0 Å². The molecule has 0 aromatic heterocycles. The SMILES string of the molecule is CO[C@@H]1[C@H]2OCCOCCOCCOCCO[C@@H]2[C@@H](OC)[C@@H]2OC(C)(C)O[C@H]12. The second-order valence-corrected chi connectivity index (χ2v) is 7.47. The van der Waals surface area contributed by atoms with Gasteiger partial charge in [0.1, 0.15) is 36.6 Å². The first-order chi connectivity index (χ1) is 13.6. The molecule has 9 heteroatoms. The lowest BCUT2D eigenvalue weighted by Crippen LogP contribution is -2.65. The minimum Gasteiger partial charge on any atom is -0.377 e. The summed E-state index contributed by atoms with van der Waals surface area (Å²) in [6, 6.07) is 0. The highest BCUT2D eigenvalue weighted by Gasteiger charge is 2.59. The molecule has 0 unspecified atom stereocenters. The van der Waals surface area contributed by atoms with Crippen LogP contribution in [-0.4, -0.2) is 109 Å². The highest BCUT2D eigenvalue weighted by molar-refractivity contribution is 5.06. The van der Waals surface area contributed by atoms with Crippen LogP contribution in [0.1, 0.15) is 13.8 Å². The Morgan fingerprint density at radius 1 is 0.571 bits per heavy atom. The van der Waals surface area contributed by atoms with Gasteiger partial charge in [-0.1, -0.05) is 0 Å². The molecule has 2 heterocycles. The first-order valence-electron chi connectivity index (χ1n) is 9.95. The topological polar surface area (TPSA) is 83.1 Å². The minimum absolute atomic E-state index is 0.317. The summed E-state index contributed by atoms with van der Waals surface area (Å²) in [5.74, 6) is -0.731. The molecule has 0 bridgehead atoms. The van der Waals surface area contributed by atoms with E-state index in [1.807, 2.05) is 13.8 Å². The molecule has 0 N–H and O–H groups in total. The van der Waals surface area contributed by atoms with E-state index in [1.165, 1.54) is 0 Å². The predicted octanol–water partition coefficient (Wildman–Crippen LogP) is 0.384. The Balaban J connectivity index is 1.76. The van der Waals surface area contributed by atoms with Gasteiger partial charge in [-0.15, -0.1) is 0 Å². The van der Waals surface area contributed by atoms with Gasteiger partial charge in [0.25, 0.3) is 0 Å². The number of fused-ring (bicyclic) bond motifs is 2. The molecule has 0 aromatic rings. The fraction of sp³-hybridized carbons (Fsp3) is 1.00. The highest BCUT2D eigenvalue weighted by Crippen LogP contribution is 2.41. The number of methoxy groups -OCH3 is 2. The molecule has 3 fully saturated rings. The maximum absolute atomic E-state index is 6.16. The molecule has 2 aliphatic heterocycles. The molecular weight excluding hydrogens is 372 g/mol. The third-order valence-electron chi connectivity index (χ3n) is 5.15. The average Bonchev–Trinajstić information content (AvgIpc) is 2.98. The Kier molecular flexibility index (Phi) is 8.46. The van der Waals surface area contributed by atoms with Gasteiger partial charge in [0.05, 0.1) is 52.9 Å². The summed E-state index contributed by atoms with van der Waals surface area (Å²) in [4.78, 5) is 0. The van der Waals surface area contributed by atoms with Crippen molar-refractivity contribution < 1.29 is 42.6 Å². The maximum atomic E-state index is 6.16. The quantitative estimate of drug-likeness (QED) is 0.646. The van der Waals surface area contributed by atoms with Gasteiger partial charge in [-0.05, 0) is 13.8 Å². The Morgan fingerprint density at radius 3 is 1.29 bits per heavy atom. The van der Waals surface area contributed by atoms with Crippen LogP contribution in [0.2, 0.25) is 0 Å². The zero-order chi connectivity index (χ0) is 20.0. The number of hydrogen-bond donors (Lipinski definition) is 0. The van der Waals surface area contributed by atoms with Gasteiger partial charge in [-0.2, -0.15) is 0 Å². The molecular formula is C19H34O9. The molecule has 0 spiro atoms. The molecule has 2 saturated heterocycles. The number of hydrogen-bond acceptors (Lipinski definition) is 9. The van der Waals surface area contributed by atoms with Crippen molar-refractivity contribution in [3.8, 4) is 0 Å². The van der Waals surface area contributed by atoms with E-state index in [2.05, 4.69) is 0 Å². The van der Waals surface area contributed by atoms with E-state index in [0.717, 1.165) is 0 Å². The van der Waals surface area contributed by atoms with Crippen molar-refractivity contribution in [2.45, 2.75) is 56.3 Å². The van der Waals surface area contributed by atoms with Crippen molar-refractivity contribution in [3.05, 3.63) is 0 Å². The smallest absolute Gasteiger partial charge is 0.164 e. The van der Waals surface area contributed by atoms with Crippen LogP contribution in [0.5, 0.6) is 0 Å². The van der Waals surface area contributed by atoms with Gasteiger partial charge < -0.3 is 42.6 Å². The Labute approximate surface area is 166 Å². The van der Waals surface area contributed by atoms with Gasteiger partial charge in [-0.25, -0.2) is 0 Å². The summed E-state index contributed by atoms with van der Waals surface area (Å²) in [5, 5.41) is 0. The normalized spacial score (nSPS) is 40.7. The van der Waals surface area contributed by atoms with E-state index < -0.39 is 18.0 Å². The van der Waals surface area contributed by atoms with Gasteiger partial charge in [-0.3, -0.25) is 0 Å². The summed E-state index contributed by atoms with van der Waals surface area (Å²) < 4.78 is 52.7. The summed E-state index contributed by atoms with van der Waals surface area (Å²) in [7, 11) is 3.30. The van der Waals surface area contributed by atoms with Gasteiger partial charge in [0, 0.05) is 14.2 Å². The van der Waals surface area contributed by atoms with Crippen molar-refractivity contribution in [1.29, 1.82) is 0 Å². The van der Waals surface area contributed by atoms with Crippen LogP contribution >= 0.6 is 0 Å². The molecule has 0 radical (unpaired) electrons. The van der Waals surface area contributed by atoms with Crippen molar-refractivity contribution in [3.63, 3.8) is 0 Å². The van der Waals surface area contributed by atoms with E-state index in [9.17, 15) is 0 Å². The van der Waals surface area contributed by atoms with E-state index in [4.69, 9.17) is 42.6 Å². The molecule has 1 saturated carbocycles. The third kappa shape index (κ3) is 5.41. The van der Waals surface area contributed by atoms with Crippen molar-refractivity contribution >= 4 is 0 Å². The molecule has 9 nitrogen and oxygen atoms in total. The van der Waals surface area contributed by atoms with E-state index in [1.54, 1.807) is 14.2 Å². The summed E-state index contributed by atoms with van der Waals surface area (Å²) in [5.41, 5.74) is 0. The predicted molar refractivity (Wildman–Crippen MR) is 97.4 cm³/mol. The zero-order valence-corrected chi connectivity index (χ0v) is 17.3. The molecule has 0 aromatic carbocycles. The first-order valence-corrected chi connectivity index (χ1v) is 9.95. The second kappa shape index (κ2) is 10.6. The Bertz CT molecular complexity index is 423. The zero-order valence-electron chi connectivity index (χ0n) is 17.3. The fourth-order valence-corrected chi connectivity index (χ4v) is 4.02. The molecule has 1 aliphatic carbocycles. The standard InChI is InChI=1S/C19H34O9/c1-19(2)27-17-13(20-3)15-16(14(21-4)18(17)28-19)26-12-10-24-8-6-22-5-7-23-9-11-25-15/h13-18H,5-12H2,1-4H3/t13-,14-,15-,16-,17-,18+/m1/s1. The molecule has 164 valence electrons. The Morgan fingerprint density at radius 2 is 0.929 bits per heavy atom. The largest absolute Gasteiger partial charge is 0.377 e. The van der Waals surface area contributed by atoms with Crippen LogP contribution < -0.4 is 0 Å². The van der Waals surface area contributed by atoms with Crippen molar-refractivity contribution in [1.82, 2.24) is 0 Å². The van der Waals surface area contributed by atoms with E-state index in [0.29, 0.717) is 52.9 Å². The molecule has 3 aliphatic rings. The van der Waals surface area contributed by atoms with Crippen molar-refractivity contribution in [2.75, 3.05) is 67.1 Å². The molecule has 0 amide bonds. The summed E-state index contributed by atoms with van der Waals surface area (Å²) >= 11 is 0. The van der Waals surface area contributed by atoms with Crippen LogP contribution in [0.4, 0.5) is 0 Å². The summed E-state index contributed by atoms with van der Waals surface area (Å²) in [6.07, 6.45) is -2.13. The lowest BCUT2D eigenvalue weighted by atomic mass is 9.84. The van der Waals surface area contributed by atoms with Gasteiger partial charge in [0.15, 0.2) is 5.79 Å². The molecule has 6 atom stereocenters. The minimum atomic E-state index is -0.731. The molecule has 3 rings (SSSR count). The highest BCUT2D eigenvalue weighted by atomic mass is 16.8. The monoisotopic (exact) mass is 406 g/mol. The first kappa shape index (κ1) is 22.3. The average molecular weight is 406 g/mol. The summed E-state index contributed by atoms with van der Waals surface area (Å²) in [6.45, 7) is 7.57. The second-order valence-electron chi connectivity index (χ2n) is 7.47. The number of rotatable bonds is 2. The maximum Gasteiger partial charge on any atom is 0.164 e. The lowest BCUT2D eigenvalue weighted by molar-refractivity contribution is -0.237. The number of ether oxygens (including phenoxy) is 9. The van der Waals surface area contributed by atoms with Crippen LogP contribution in [0.3, 0.4) is 0 Å². The fourth-order valence-electron chi connectivity index (χ4n) is 4.02. The van der Waals surface area contributed by atoms with E-state index >= 15 is 0 Å².